The molecule has 0 aliphatic rings. The second-order valence-corrected chi connectivity index (χ2v) is 5.75. The van der Waals surface area contributed by atoms with Crippen LogP contribution in [0.3, 0.4) is 0 Å². The lowest BCUT2D eigenvalue weighted by molar-refractivity contribution is -0.111. The first-order chi connectivity index (χ1) is 11.2. The second-order valence-electron chi connectivity index (χ2n) is 4.69. The molecule has 0 aliphatic carbocycles. The average Bonchev–Trinajstić information content (AvgIpc) is 2.96. The first-order valence-electron chi connectivity index (χ1n) is 6.84. The molecule has 23 heavy (non-hydrogen) atoms. The van der Waals surface area contributed by atoms with Crippen LogP contribution >= 0.6 is 11.3 Å². The van der Waals surface area contributed by atoms with Crippen LogP contribution in [-0.2, 0) is 4.79 Å². The maximum absolute atomic E-state index is 13.6. The number of anilines is 1. The van der Waals surface area contributed by atoms with Gasteiger partial charge in [-0.25, -0.2) is 9.37 Å². The van der Waals surface area contributed by atoms with Gasteiger partial charge in [-0.05, 0) is 30.3 Å². The molecule has 0 fully saturated rings. The number of rotatable bonds is 4. The van der Waals surface area contributed by atoms with Crippen LogP contribution in [0.25, 0.3) is 16.3 Å². The van der Waals surface area contributed by atoms with E-state index in [9.17, 15) is 9.18 Å². The Kier molecular flexibility index (Phi) is 4.34. The third-order valence-corrected chi connectivity index (χ3v) is 4.11. The van der Waals surface area contributed by atoms with Gasteiger partial charge in [-0.2, -0.15) is 0 Å². The van der Waals surface area contributed by atoms with Crippen molar-refractivity contribution in [1.29, 1.82) is 0 Å². The fourth-order valence-electron chi connectivity index (χ4n) is 2.04. The van der Waals surface area contributed by atoms with Crippen LogP contribution in [0.5, 0.6) is 5.75 Å². The smallest absolute Gasteiger partial charge is 0.248 e. The minimum Gasteiger partial charge on any atom is -0.494 e. The standard InChI is InChI=1S/C17H13FN2O2S/c1-22-14-7-6-11(10-12(14)18)19-16(21)8-9-17-20-13-4-2-3-5-15(13)23-17/h2-10H,1H3,(H,19,21). The lowest BCUT2D eigenvalue weighted by Crippen LogP contribution is -2.08. The minimum absolute atomic E-state index is 0.132. The van der Waals surface area contributed by atoms with E-state index in [1.165, 1.54) is 36.7 Å². The molecule has 116 valence electrons. The van der Waals surface area contributed by atoms with Crippen molar-refractivity contribution in [3.8, 4) is 5.75 Å². The number of aromatic nitrogens is 1. The van der Waals surface area contributed by atoms with E-state index in [-0.39, 0.29) is 11.7 Å². The number of amides is 1. The summed E-state index contributed by atoms with van der Waals surface area (Å²) in [7, 11) is 1.39. The van der Waals surface area contributed by atoms with Crippen molar-refractivity contribution in [1.82, 2.24) is 4.98 Å². The molecule has 0 bridgehead atoms. The number of benzene rings is 2. The van der Waals surface area contributed by atoms with E-state index in [1.54, 1.807) is 12.1 Å². The Labute approximate surface area is 136 Å². The molecule has 0 saturated carbocycles. The molecule has 1 amide bonds. The Hall–Kier alpha value is -2.73. The van der Waals surface area contributed by atoms with E-state index in [2.05, 4.69) is 10.3 Å². The van der Waals surface area contributed by atoms with Gasteiger partial charge < -0.3 is 10.1 Å². The van der Waals surface area contributed by atoms with Gasteiger partial charge in [0.15, 0.2) is 11.6 Å². The van der Waals surface area contributed by atoms with Crippen LogP contribution in [0.4, 0.5) is 10.1 Å². The predicted molar refractivity (Wildman–Crippen MR) is 90.2 cm³/mol. The second kappa shape index (κ2) is 6.58. The van der Waals surface area contributed by atoms with E-state index in [0.29, 0.717) is 5.69 Å². The molecule has 1 heterocycles. The highest BCUT2D eigenvalue weighted by Crippen LogP contribution is 2.23. The number of fused-ring (bicyclic) bond motifs is 1. The van der Waals surface area contributed by atoms with Crippen LogP contribution in [0.1, 0.15) is 5.01 Å². The highest BCUT2D eigenvalue weighted by Gasteiger charge is 2.05. The van der Waals surface area contributed by atoms with Crippen molar-refractivity contribution in [2.75, 3.05) is 12.4 Å². The van der Waals surface area contributed by atoms with Gasteiger partial charge in [0.2, 0.25) is 5.91 Å². The quantitative estimate of drug-likeness (QED) is 0.734. The summed E-state index contributed by atoms with van der Waals surface area (Å²) in [4.78, 5) is 16.3. The maximum atomic E-state index is 13.6. The van der Waals surface area contributed by atoms with E-state index in [1.807, 2.05) is 24.3 Å². The number of methoxy groups -OCH3 is 1. The molecule has 0 radical (unpaired) electrons. The van der Waals surface area contributed by atoms with E-state index >= 15 is 0 Å². The third kappa shape index (κ3) is 3.54. The van der Waals surface area contributed by atoms with Crippen molar-refractivity contribution in [3.63, 3.8) is 0 Å². The summed E-state index contributed by atoms with van der Waals surface area (Å²) in [5.41, 5.74) is 1.26. The Morgan fingerprint density at radius 3 is 2.87 bits per heavy atom. The van der Waals surface area contributed by atoms with Gasteiger partial charge in [0.05, 0.1) is 17.3 Å². The van der Waals surface area contributed by atoms with Crippen LogP contribution in [0.2, 0.25) is 0 Å². The first-order valence-corrected chi connectivity index (χ1v) is 7.65. The molecule has 1 aromatic heterocycles. The molecule has 0 aliphatic heterocycles. The third-order valence-electron chi connectivity index (χ3n) is 3.11. The largest absolute Gasteiger partial charge is 0.494 e. The van der Waals surface area contributed by atoms with Crippen molar-refractivity contribution < 1.29 is 13.9 Å². The molecule has 0 unspecified atom stereocenters. The molecular weight excluding hydrogens is 315 g/mol. The van der Waals surface area contributed by atoms with E-state index in [0.717, 1.165) is 15.2 Å². The number of hydrogen-bond donors (Lipinski definition) is 1. The number of hydrogen-bond acceptors (Lipinski definition) is 4. The van der Waals surface area contributed by atoms with Gasteiger partial charge in [0.25, 0.3) is 0 Å². The molecule has 0 atom stereocenters. The molecule has 3 rings (SSSR count). The van der Waals surface area contributed by atoms with Gasteiger partial charge in [-0.15, -0.1) is 11.3 Å². The zero-order chi connectivity index (χ0) is 16.2. The van der Waals surface area contributed by atoms with Gasteiger partial charge >= 0.3 is 0 Å². The lowest BCUT2D eigenvalue weighted by Gasteiger charge is -2.05. The number of nitrogens with one attached hydrogen (secondary N) is 1. The van der Waals surface area contributed by atoms with Gasteiger partial charge in [0.1, 0.15) is 5.01 Å². The molecule has 4 nitrogen and oxygen atoms in total. The molecular formula is C17H13FN2O2S. The topological polar surface area (TPSA) is 51.2 Å². The highest BCUT2D eigenvalue weighted by molar-refractivity contribution is 7.19. The van der Waals surface area contributed by atoms with Crippen LogP contribution < -0.4 is 10.1 Å². The van der Waals surface area contributed by atoms with E-state index < -0.39 is 5.82 Å². The number of ether oxygens (including phenoxy) is 1. The summed E-state index contributed by atoms with van der Waals surface area (Å²) in [5.74, 6) is -0.748. The summed E-state index contributed by atoms with van der Waals surface area (Å²) in [6.45, 7) is 0. The number of thiazole rings is 1. The molecule has 3 aromatic rings. The minimum atomic E-state index is -0.527. The van der Waals surface area contributed by atoms with Gasteiger partial charge in [0, 0.05) is 17.8 Å². The van der Waals surface area contributed by atoms with E-state index in [4.69, 9.17) is 4.74 Å². The highest BCUT2D eigenvalue weighted by atomic mass is 32.1. The number of para-hydroxylation sites is 1. The van der Waals surface area contributed by atoms with Gasteiger partial charge in [-0.3, -0.25) is 4.79 Å². The molecule has 1 N–H and O–H groups in total. The average molecular weight is 328 g/mol. The number of carbonyl (C=O) groups excluding carboxylic acids is 1. The Balaban J connectivity index is 1.70. The fraction of sp³-hybridized carbons (Fsp3) is 0.0588. The van der Waals surface area contributed by atoms with Crippen LogP contribution in [0.15, 0.2) is 48.5 Å². The van der Waals surface area contributed by atoms with Gasteiger partial charge in [-0.1, -0.05) is 12.1 Å². The summed E-state index contributed by atoms with van der Waals surface area (Å²) in [6, 6.07) is 12.0. The number of halogens is 1. The molecule has 0 spiro atoms. The monoisotopic (exact) mass is 328 g/mol. The Morgan fingerprint density at radius 2 is 2.13 bits per heavy atom. The summed E-state index contributed by atoms with van der Waals surface area (Å²) in [5, 5.41) is 3.33. The fourth-order valence-corrected chi connectivity index (χ4v) is 2.91. The van der Waals surface area contributed by atoms with Crippen LogP contribution in [0, 0.1) is 5.82 Å². The summed E-state index contributed by atoms with van der Waals surface area (Å²) in [6.07, 6.45) is 3.01. The van der Waals surface area contributed by atoms with Crippen molar-refractivity contribution in [2.45, 2.75) is 0 Å². The SMILES string of the molecule is COc1ccc(NC(=O)C=Cc2nc3ccccc3s2)cc1F. The normalized spacial score (nSPS) is 11.0. The van der Waals surface area contributed by atoms with Crippen molar-refractivity contribution >= 4 is 39.2 Å². The lowest BCUT2D eigenvalue weighted by atomic mass is 10.3. The summed E-state index contributed by atoms with van der Waals surface area (Å²) >= 11 is 1.50. The molecule has 0 saturated heterocycles. The Bertz CT molecular complexity index is 856. The van der Waals surface area contributed by atoms with Crippen molar-refractivity contribution in [2.24, 2.45) is 0 Å². The zero-order valence-corrected chi connectivity index (χ0v) is 13.1. The maximum Gasteiger partial charge on any atom is 0.248 e. The first kappa shape index (κ1) is 15.2. The number of carbonyl (C=O) groups is 1. The zero-order valence-electron chi connectivity index (χ0n) is 12.2. The predicted octanol–water partition coefficient (Wildman–Crippen LogP) is 4.10. The van der Waals surface area contributed by atoms with Crippen LogP contribution in [-0.4, -0.2) is 18.0 Å². The molecule has 6 heteroatoms. The number of nitrogens with zero attached hydrogens (tertiary/aromatic N) is 1. The summed E-state index contributed by atoms with van der Waals surface area (Å²) < 4.78 is 19.5. The Morgan fingerprint density at radius 1 is 1.30 bits per heavy atom. The van der Waals surface area contributed by atoms with Crippen molar-refractivity contribution in [3.05, 3.63) is 59.4 Å². The molecule has 2 aromatic carbocycles.